The first kappa shape index (κ1) is 32.9. The Bertz CT molecular complexity index is 1610. The number of anilines is 2. The van der Waals surface area contributed by atoms with Crippen LogP contribution in [-0.2, 0) is 19.1 Å². The minimum atomic E-state index is -5.63. The second kappa shape index (κ2) is 12.9. The van der Waals surface area contributed by atoms with Crippen molar-refractivity contribution in [2.75, 3.05) is 24.9 Å². The second-order valence-corrected chi connectivity index (χ2v) is 11.4. The van der Waals surface area contributed by atoms with Gasteiger partial charge in [-0.25, -0.2) is 9.59 Å². The Hall–Kier alpha value is -3.98. The number of thiophene rings is 2. The molecule has 0 unspecified atom stereocenters. The highest BCUT2D eigenvalue weighted by molar-refractivity contribution is 7.15. The molecule has 0 aliphatic rings. The minimum absolute atomic E-state index is 0.145. The number of amides is 2. The summed E-state index contributed by atoms with van der Waals surface area (Å²) >= 11 is 12.9. The van der Waals surface area contributed by atoms with Crippen molar-refractivity contribution in [1.82, 2.24) is 0 Å². The fraction of sp³-hybridized carbons (Fsp3) is 0.143. The molecule has 2 aromatic heterocycles. The smallest absolute Gasteiger partial charge is 0.396 e. The Balaban J connectivity index is 1.62. The van der Waals surface area contributed by atoms with E-state index in [0.717, 1.165) is 14.2 Å². The third-order valence-electron chi connectivity index (χ3n) is 6.09. The van der Waals surface area contributed by atoms with Gasteiger partial charge in [-0.05, 0) is 35.4 Å². The molecule has 16 heteroatoms. The molecule has 0 atom stereocenters. The van der Waals surface area contributed by atoms with Gasteiger partial charge in [0.25, 0.3) is 0 Å². The number of halogens is 6. The summed E-state index contributed by atoms with van der Waals surface area (Å²) in [5.74, 6) is -18.5. The molecule has 0 aliphatic heterocycles. The average Bonchev–Trinajstić information content (AvgIpc) is 3.61. The van der Waals surface area contributed by atoms with Crippen molar-refractivity contribution in [3.63, 3.8) is 0 Å². The fourth-order valence-corrected chi connectivity index (χ4v) is 6.00. The average molecular weight is 689 g/mol. The van der Waals surface area contributed by atoms with E-state index < -0.39 is 45.6 Å². The summed E-state index contributed by atoms with van der Waals surface area (Å²) in [5.41, 5.74) is 0.301. The molecular weight excluding hydrogens is 671 g/mol. The highest BCUT2D eigenvalue weighted by atomic mass is 35.5. The van der Waals surface area contributed by atoms with Crippen molar-refractivity contribution in [2.24, 2.45) is 0 Å². The van der Waals surface area contributed by atoms with Crippen molar-refractivity contribution in [2.45, 2.75) is 11.8 Å². The molecular formula is C28H18Cl2F4N2O6S2. The van der Waals surface area contributed by atoms with Crippen LogP contribution in [0.3, 0.4) is 0 Å². The van der Waals surface area contributed by atoms with Gasteiger partial charge in [0.05, 0.1) is 14.2 Å². The quantitative estimate of drug-likeness (QED) is 0.137. The first-order valence-electron chi connectivity index (χ1n) is 12.0. The number of methoxy groups -OCH3 is 2. The molecule has 4 aromatic rings. The van der Waals surface area contributed by atoms with Crippen LogP contribution in [-0.4, -0.2) is 49.8 Å². The molecule has 44 heavy (non-hydrogen) atoms. The van der Waals surface area contributed by atoms with Gasteiger partial charge in [-0.15, -0.1) is 22.7 Å². The maximum Gasteiger partial charge on any atom is 0.396 e. The summed E-state index contributed by atoms with van der Waals surface area (Å²) in [4.78, 5) is 50.1. The van der Waals surface area contributed by atoms with E-state index in [1.54, 1.807) is 10.6 Å². The summed E-state index contributed by atoms with van der Waals surface area (Å²) < 4.78 is 69.4. The molecule has 2 aromatic carbocycles. The molecule has 2 heterocycles. The molecule has 0 spiro atoms. The third-order valence-corrected chi connectivity index (χ3v) is 8.39. The molecule has 230 valence electrons. The molecule has 2 N–H and O–H groups in total. The van der Waals surface area contributed by atoms with Crippen LogP contribution in [0, 0.1) is 0 Å². The van der Waals surface area contributed by atoms with Gasteiger partial charge in [-0.1, -0.05) is 47.5 Å². The molecule has 8 nitrogen and oxygen atoms in total. The summed E-state index contributed by atoms with van der Waals surface area (Å²) in [6.45, 7) is 0. The zero-order valence-electron chi connectivity index (χ0n) is 22.3. The number of carbonyl (C=O) groups excluding carboxylic acids is 4. The van der Waals surface area contributed by atoms with Crippen molar-refractivity contribution in [1.29, 1.82) is 0 Å². The highest BCUT2D eigenvalue weighted by Gasteiger charge is 2.67. The van der Waals surface area contributed by atoms with Gasteiger partial charge in [0.15, 0.2) is 0 Å². The van der Waals surface area contributed by atoms with E-state index in [9.17, 15) is 19.2 Å². The number of benzene rings is 2. The summed E-state index contributed by atoms with van der Waals surface area (Å²) in [7, 11) is 1.99. The lowest BCUT2D eigenvalue weighted by Crippen LogP contribution is -2.56. The van der Waals surface area contributed by atoms with Crippen LogP contribution < -0.4 is 10.6 Å². The summed E-state index contributed by atoms with van der Waals surface area (Å²) in [5, 5.41) is 5.55. The molecule has 0 fully saturated rings. The lowest BCUT2D eigenvalue weighted by atomic mass is 10.0. The first-order chi connectivity index (χ1) is 20.7. The molecule has 0 saturated heterocycles. The predicted octanol–water partition coefficient (Wildman–Crippen LogP) is 7.87. The number of esters is 2. The number of ether oxygens (including phenoxy) is 2. The van der Waals surface area contributed by atoms with Crippen molar-refractivity contribution < 1.29 is 46.2 Å². The lowest BCUT2D eigenvalue weighted by Gasteiger charge is -2.24. The Kier molecular flexibility index (Phi) is 9.68. The maximum atomic E-state index is 15.0. The SMILES string of the molecule is COC(=O)c1c(-c2ccc(Cl)cc2)csc1NC(=O)C(F)(F)C(F)(F)C(=O)Nc1scc(-c2ccc(Cl)cc2)c1C(=O)OC. The molecule has 4 rings (SSSR count). The maximum absolute atomic E-state index is 15.0. The summed E-state index contributed by atoms with van der Waals surface area (Å²) in [6.07, 6.45) is 0. The van der Waals surface area contributed by atoms with Crippen LogP contribution in [0.15, 0.2) is 59.3 Å². The standard InChI is InChI=1S/C28H18Cl2F4N2O6S2/c1-41-23(37)19-17(13-3-7-15(29)8-4-13)11-43-21(19)35-25(39)27(31,32)28(33,34)26(40)36-22-20(24(38)42-2)18(12-44-22)14-5-9-16(30)10-6-14/h3-12H,1-2H3,(H,35,39)(H,36,40). The van der Waals surface area contributed by atoms with Crippen LogP contribution in [0.1, 0.15) is 20.7 Å². The zero-order valence-corrected chi connectivity index (χ0v) is 25.5. The van der Waals surface area contributed by atoms with Gasteiger partial charge in [-0.3, -0.25) is 9.59 Å². The molecule has 0 saturated carbocycles. The third kappa shape index (κ3) is 6.29. The van der Waals surface area contributed by atoms with Gasteiger partial charge < -0.3 is 20.1 Å². The highest BCUT2D eigenvalue weighted by Crippen LogP contribution is 2.42. The van der Waals surface area contributed by atoms with E-state index in [-0.39, 0.29) is 22.3 Å². The van der Waals surface area contributed by atoms with Crippen LogP contribution in [0.25, 0.3) is 22.3 Å². The van der Waals surface area contributed by atoms with Gasteiger partial charge >= 0.3 is 35.6 Å². The van der Waals surface area contributed by atoms with Crippen LogP contribution in [0.5, 0.6) is 0 Å². The van der Waals surface area contributed by atoms with E-state index in [4.69, 9.17) is 23.2 Å². The van der Waals surface area contributed by atoms with Crippen molar-refractivity contribution >= 4 is 79.6 Å². The number of hydrogen-bond donors (Lipinski definition) is 2. The monoisotopic (exact) mass is 688 g/mol. The van der Waals surface area contributed by atoms with Crippen LogP contribution in [0.2, 0.25) is 10.0 Å². The van der Waals surface area contributed by atoms with E-state index in [0.29, 0.717) is 43.8 Å². The molecule has 0 radical (unpaired) electrons. The van der Waals surface area contributed by atoms with E-state index >= 15 is 17.6 Å². The largest absolute Gasteiger partial charge is 0.465 e. The number of alkyl halides is 4. The molecule has 2 amide bonds. The lowest BCUT2D eigenvalue weighted by molar-refractivity contribution is -0.204. The topological polar surface area (TPSA) is 111 Å². The van der Waals surface area contributed by atoms with Gasteiger partial charge in [-0.2, -0.15) is 17.6 Å². The van der Waals surface area contributed by atoms with Crippen LogP contribution >= 0.6 is 45.9 Å². The van der Waals surface area contributed by atoms with Crippen molar-refractivity contribution in [3.05, 3.63) is 80.5 Å². The Morgan fingerprint density at radius 1 is 0.636 bits per heavy atom. The Morgan fingerprint density at radius 3 is 1.25 bits per heavy atom. The van der Waals surface area contributed by atoms with Gasteiger partial charge in [0, 0.05) is 31.9 Å². The molecule has 0 aliphatic carbocycles. The molecule has 0 bridgehead atoms. The first-order valence-corrected chi connectivity index (χ1v) is 14.5. The number of rotatable bonds is 9. The van der Waals surface area contributed by atoms with Crippen LogP contribution in [0.4, 0.5) is 27.6 Å². The van der Waals surface area contributed by atoms with E-state index in [2.05, 4.69) is 9.47 Å². The normalized spacial score (nSPS) is 11.5. The number of nitrogens with one attached hydrogen (secondary N) is 2. The Labute approximate surface area is 264 Å². The van der Waals surface area contributed by atoms with E-state index in [1.165, 1.54) is 59.3 Å². The Morgan fingerprint density at radius 2 is 0.955 bits per heavy atom. The van der Waals surface area contributed by atoms with Gasteiger partial charge in [0.2, 0.25) is 0 Å². The predicted molar refractivity (Wildman–Crippen MR) is 159 cm³/mol. The van der Waals surface area contributed by atoms with E-state index in [1.807, 2.05) is 0 Å². The van der Waals surface area contributed by atoms with Gasteiger partial charge in [0.1, 0.15) is 21.1 Å². The fourth-order valence-electron chi connectivity index (χ4n) is 3.84. The number of hydrogen-bond acceptors (Lipinski definition) is 8. The number of carbonyl (C=O) groups is 4. The second-order valence-electron chi connectivity index (χ2n) is 8.76. The minimum Gasteiger partial charge on any atom is -0.465 e. The zero-order chi connectivity index (χ0) is 32.4. The van der Waals surface area contributed by atoms with Crippen molar-refractivity contribution in [3.8, 4) is 22.3 Å². The summed E-state index contributed by atoms with van der Waals surface area (Å²) in [6, 6.07) is 11.9.